The van der Waals surface area contributed by atoms with Gasteiger partial charge in [-0.25, -0.2) is 4.98 Å². The molecule has 2 heterocycles. The van der Waals surface area contributed by atoms with Gasteiger partial charge in [-0.2, -0.15) is 11.3 Å². The van der Waals surface area contributed by atoms with Crippen LogP contribution in [0.1, 0.15) is 22.0 Å². The lowest BCUT2D eigenvalue weighted by molar-refractivity contribution is 0.0938. The number of pyridine rings is 1. The first-order chi connectivity index (χ1) is 10.1. The Kier molecular flexibility index (Phi) is 5.30. The molecular weight excluding hydrogens is 286 g/mol. The fraction of sp³-hybridized carbons (Fsp3) is 0.333. The molecule has 0 aliphatic heterocycles. The third-order valence-electron chi connectivity index (χ3n) is 3.22. The maximum absolute atomic E-state index is 12.3. The molecule has 2 aromatic rings. The van der Waals surface area contributed by atoms with Gasteiger partial charge >= 0.3 is 0 Å². The molecule has 0 saturated heterocycles. The van der Waals surface area contributed by atoms with Crippen molar-refractivity contribution in [2.45, 2.75) is 6.04 Å². The van der Waals surface area contributed by atoms with Gasteiger partial charge in [-0.15, -0.1) is 0 Å². The highest BCUT2D eigenvalue weighted by Crippen LogP contribution is 2.20. The summed E-state index contributed by atoms with van der Waals surface area (Å²) in [6, 6.07) is 5.64. The summed E-state index contributed by atoms with van der Waals surface area (Å²) in [7, 11) is 5.51. The van der Waals surface area contributed by atoms with Gasteiger partial charge in [-0.3, -0.25) is 4.79 Å². The van der Waals surface area contributed by atoms with E-state index in [2.05, 4.69) is 26.6 Å². The van der Waals surface area contributed by atoms with E-state index in [1.807, 2.05) is 19.5 Å². The molecule has 112 valence electrons. The minimum absolute atomic E-state index is 0.142. The number of nitrogens with one attached hydrogen (secondary N) is 1. The van der Waals surface area contributed by atoms with E-state index in [-0.39, 0.29) is 11.9 Å². The Balaban J connectivity index is 2.06. The predicted molar refractivity (Wildman–Crippen MR) is 83.9 cm³/mol. The second kappa shape index (κ2) is 7.19. The van der Waals surface area contributed by atoms with E-state index < -0.39 is 0 Å². The van der Waals surface area contributed by atoms with Crippen molar-refractivity contribution in [2.24, 2.45) is 0 Å². The molecule has 0 unspecified atom stereocenters. The SMILES string of the molecule is COc1ncccc1C(=O)NC[C@H](c1ccsc1)N(C)C. The van der Waals surface area contributed by atoms with Crippen molar-refractivity contribution < 1.29 is 9.53 Å². The molecule has 5 nitrogen and oxygen atoms in total. The van der Waals surface area contributed by atoms with Gasteiger partial charge in [0.1, 0.15) is 5.56 Å². The monoisotopic (exact) mass is 305 g/mol. The second-order valence-electron chi connectivity index (χ2n) is 4.81. The molecule has 0 aliphatic carbocycles. The molecule has 0 aliphatic rings. The number of methoxy groups -OCH3 is 1. The van der Waals surface area contributed by atoms with Crippen molar-refractivity contribution in [1.29, 1.82) is 0 Å². The largest absolute Gasteiger partial charge is 0.480 e. The smallest absolute Gasteiger partial charge is 0.256 e. The van der Waals surface area contributed by atoms with Crippen LogP contribution in [0.5, 0.6) is 5.88 Å². The number of nitrogens with zero attached hydrogens (tertiary/aromatic N) is 2. The van der Waals surface area contributed by atoms with Gasteiger partial charge in [0.2, 0.25) is 5.88 Å². The molecule has 0 fully saturated rings. The molecule has 0 saturated carbocycles. The highest BCUT2D eigenvalue weighted by Gasteiger charge is 2.18. The van der Waals surface area contributed by atoms with E-state index in [1.165, 1.54) is 12.7 Å². The van der Waals surface area contributed by atoms with Gasteiger partial charge in [0.05, 0.1) is 13.2 Å². The lowest BCUT2D eigenvalue weighted by Crippen LogP contribution is -2.34. The van der Waals surface area contributed by atoms with Crippen molar-refractivity contribution >= 4 is 17.2 Å². The van der Waals surface area contributed by atoms with Gasteiger partial charge in [-0.1, -0.05) is 0 Å². The van der Waals surface area contributed by atoms with Crippen LogP contribution in [0.2, 0.25) is 0 Å². The molecular formula is C15H19N3O2S. The molecule has 21 heavy (non-hydrogen) atoms. The van der Waals surface area contributed by atoms with E-state index in [4.69, 9.17) is 4.74 Å². The van der Waals surface area contributed by atoms with E-state index in [1.54, 1.807) is 29.7 Å². The summed E-state index contributed by atoms with van der Waals surface area (Å²) < 4.78 is 5.11. The highest BCUT2D eigenvalue weighted by atomic mass is 32.1. The molecule has 1 amide bonds. The number of thiophene rings is 1. The van der Waals surface area contributed by atoms with Gasteiger partial charge in [0.25, 0.3) is 5.91 Å². The Hall–Kier alpha value is -1.92. The van der Waals surface area contributed by atoms with E-state index in [0.29, 0.717) is 18.0 Å². The molecule has 1 atom stereocenters. The predicted octanol–water partition coefficient (Wildman–Crippen LogP) is 2.18. The van der Waals surface area contributed by atoms with Crippen molar-refractivity contribution in [2.75, 3.05) is 27.7 Å². The van der Waals surface area contributed by atoms with Crippen molar-refractivity contribution in [3.8, 4) is 5.88 Å². The first kappa shape index (κ1) is 15.5. The first-order valence-electron chi connectivity index (χ1n) is 6.59. The summed E-state index contributed by atoms with van der Waals surface area (Å²) in [6.07, 6.45) is 1.60. The quantitative estimate of drug-likeness (QED) is 0.889. The molecule has 0 aromatic carbocycles. The van der Waals surface area contributed by atoms with Gasteiger partial charge in [0, 0.05) is 12.7 Å². The van der Waals surface area contributed by atoms with Crippen molar-refractivity contribution in [1.82, 2.24) is 15.2 Å². The van der Waals surface area contributed by atoms with Gasteiger partial charge in [0.15, 0.2) is 0 Å². The minimum Gasteiger partial charge on any atom is -0.480 e. The lowest BCUT2D eigenvalue weighted by atomic mass is 10.1. The summed E-state index contributed by atoms with van der Waals surface area (Å²) in [6.45, 7) is 0.528. The first-order valence-corrected chi connectivity index (χ1v) is 7.53. The molecule has 1 N–H and O–H groups in total. The molecule has 0 radical (unpaired) electrons. The molecule has 2 aromatic heterocycles. The number of ether oxygens (including phenoxy) is 1. The number of aromatic nitrogens is 1. The van der Waals surface area contributed by atoms with Gasteiger partial charge in [-0.05, 0) is 48.6 Å². The molecule has 2 rings (SSSR count). The van der Waals surface area contributed by atoms with Crippen LogP contribution in [0.25, 0.3) is 0 Å². The van der Waals surface area contributed by atoms with Crippen LogP contribution in [0, 0.1) is 0 Å². The van der Waals surface area contributed by atoms with Crippen LogP contribution in [-0.2, 0) is 0 Å². The summed E-state index contributed by atoms with van der Waals surface area (Å²) in [5.41, 5.74) is 1.64. The van der Waals surface area contributed by atoms with Crippen molar-refractivity contribution in [3.63, 3.8) is 0 Å². The van der Waals surface area contributed by atoms with Crippen LogP contribution in [0.3, 0.4) is 0 Å². The Bertz CT molecular complexity index is 584. The van der Waals surface area contributed by atoms with Crippen LogP contribution in [-0.4, -0.2) is 43.5 Å². The Morgan fingerprint density at radius 1 is 1.48 bits per heavy atom. The second-order valence-corrected chi connectivity index (χ2v) is 5.59. The number of likely N-dealkylation sites (N-methyl/N-ethyl adjacent to an activating group) is 1. The topological polar surface area (TPSA) is 54.5 Å². The molecule has 6 heteroatoms. The zero-order chi connectivity index (χ0) is 15.2. The average molecular weight is 305 g/mol. The number of hydrogen-bond donors (Lipinski definition) is 1. The molecule has 0 bridgehead atoms. The Labute approximate surface area is 128 Å². The fourth-order valence-corrected chi connectivity index (χ4v) is 2.78. The van der Waals surface area contributed by atoms with Crippen LogP contribution in [0.15, 0.2) is 35.2 Å². The van der Waals surface area contributed by atoms with Crippen LogP contribution in [0.4, 0.5) is 0 Å². The van der Waals surface area contributed by atoms with Crippen LogP contribution >= 0.6 is 11.3 Å². The fourth-order valence-electron chi connectivity index (χ4n) is 2.07. The summed E-state index contributed by atoms with van der Waals surface area (Å²) in [4.78, 5) is 18.4. The third kappa shape index (κ3) is 3.80. The number of carbonyl (C=O) groups is 1. The minimum atomic E-state index is -0.179. The summed E-state index contributed by atoms with van der Waals surface area (Å²) >= 11 is 1.65. The number of carbonyl (C=O) groups excluding carboxylic acids is 1. The average Bonchev–Trinajstić information content (AvgIpc) is 3.01. The molecule has 0 spiro atoms. The highest BCUT2D eigenvalue weighted by molar-refractivity contribution is 7.07. The van der Waals surface area contributed by atoms with Gasteiger partial charge < -0.3 is 15.0 Å². The van der Waals surface area contributed by atoms with Crippen molar-refractivity contribution in [3.05, 3.63) is 46.3 Å². The van der Waals surface area contributed by atoms with Crippen LogP contribution < -0.4 is 10.1 Å². The Morgan fingerprint density at radius 3 is 2.90 bits per heavy atom. The number of hydrogen-bond acceptors (Lipinski definition) is 5. The number of amides is 1. The third-order valence-corrected chi connectivity index (χ3v) is 3.92. The summed E-state index contributed by atoms with van der Waals surface area (Å²) in [5.74, 6) is 0.161. The number of rotatable bonds is 6. The lowest BCUT2D eigenvalue weighted by Gasteiger charge is -2.24. The Morgan fingerprint density at radius 2 is 2.29 bits per heavy atom. The maximum atomic E-state index is 12.3. The summed E-state index contributed by atoms with van der Waals surface area (Å²) in [5, 5.41) is 7.09. The normalized spacial score (nSPS) is 12.2. The zero-order valence-electron chi connectivity index (χ0n) is 12.4. The zero-order valence-corrected chi connectivity index (χ0v) is 13.2. The van der Waals surface area contributed by atoms with E-state index in [9.17, 15) is 4.79 Å². The van der Waals surface area contributed by atoms with E-state index >= 15 is 0 Å². The van der Waals surface area contributed by atoms with E-state index in [0.717, 1.165) is 0 Å². The maximum Gasteiger partial charge on any atom is 0.256 e. The standard InChI is InChI=1S/C15H19N3O2S/c1-18(2)13(11-6-8-21-10-11)9-17-14(19)12-5-4-7-16-15(12)20-3/h4-8,10,13H,9H2,1-3H3,(H,17,19)/t13-/m1/s1.